The van der Waals surface area contributed by atoms with E-state index in [2.05, 4.69) is 26.3 Å². The lowest BCUT2D eigenvalue weighted by Crippen LogP contribution is -1.93. The zero-order valence-corrected chi connectivity index (χ0v) is 12.0. The fourth-order valence-corrected chi connectivity index (χ4v) is 3.88. The Bertz CT molecular complexity index is 476. The fraction of sp³-hybridized carbons (Fsp3) is 0.182. The van der Waals surface area contributed by atoms with Gasteiger partial charge in [0, 0.05) is 27.0 Å². The van der Waals surface area contributed by atoms with Gasteiger partial charge in [-0.15, -0.1) is 11.3 Å². The number of anilines is 1. The average Bonchev–Trinajstić information content (AvgIpc) is 2.63. The summed E-state index contributed by atoms with van der Waals surface area (Å²) in [6, 6.07) is 5.88. The predicted octanol–water partition coefficient (Wildman–Crippen LogP) is 4.09. The van der Waals surface area contributed by atoms with Gasteiger partial charge < -0.3 is 5.73 Å². The molecule has 0 unspecified atom stereocenters. The van der Waals surface area contributed by atoms with Crippen molar-refractivity contribution >= 4 is 44.7 Å². The minimum Gasteiger partial charge on any atom is -0.398 e. The SMILES string of the molecule is Cc1csc(SCc2c(N)cccc2Br)n1. The first-order valence-electron chi connectivity index (χ1n) is 4.74. The van der Waals surface area contributed by atoms with Crippen molar-refractivity contribution in [3.05, 3.63) is 39.3 Å². The second kappa shape index (κ2) is 5.21. The predicted molar refractivity (Wildman–Crippen MR) is 75.0 cm³/mol. The molecule has 0 atom stereocenters. The van der Waals surface area contributed by atoms with Crippen LogP contribution in [0.5, 0.6) is 0 Å². The van der Waals surface area contributed by atoms with Crippen molar-refractivity contribution in [2.24, 2.45) is 0 Å². The number of rotatable bonds is 3. The molecule has 0 amide bonds. The molecule has 1 heterocycles. The van der Waals surface area contributed by atoms with Crippen LogP contribution in [0, 0.1) is 6.92 Å². The molecule has 0 bridgehead atoms. The second-order valence-electron chi connectivity index (χ2n) is 3.35. The minimum atomic E-state index is 0.829. The smallest absolute Gasteiger partial charge is 0.150 e. The molecule has 1 aromatic heterocycles. The molecule has 2 nitrogen and oxygen atoms in total. The third kappa shape index (κ3) is 2.78. The van der Waals surface area contributed by atoms with Gasteiger partial charge >= 0.3 is 0 Å². The van der Waals surface area contributed by atoms with Crippen molar-refractivity contribution in [1.82, 2.24) is 4.98 Å². The number of aromatic nitrogens is 1. The Kier molecular flexibility index (Phi) is 3.89. The summed E-state index contributed by atoms with van der Waals surface area (Å²) in [7, 11) is 0. The first-order valence-corrected chi connectivity index (χ1v) is 7.40. The van der Waals surface area contributed by atoms with Crippen LogP contribution in [-0.2, 0) is 5.75 Å². The lowest BCUT2D eigenvalue weighted by molar-refractivity contribution is 1.16. The first-order chi connectivity index (χ1) is 7.66. The topological polar surface area (TPSA) is 38.9 Å². The van der Waals surface area contributed by atoms with Crippen molar-refractivity contribution < 1.29 is 0 Å². The van der Waals surface area contributed by atoms with E-state index in [1.807, 2.05) is 25.1 Å². The van der Waals surface area contributed by atoms with E-state index in [1.165, 1.54) is 0 Å². The van der Waals surface area contributed by atoms with Gasteiger partial charge in [-0.25, -0.2) is 4.98 Å². The zero-order chi connectivity index (χ0) is 11.5. The minimum absolute atomic E-state index is 0.829. The third-order valence-corrected chi connectivity index (χ3v) is 5.00. The number of thiazole rings is 1. The van der Waals surface area contributed by atoms with Crippen LogP contribution in [0.3, 0.4) is 0 Å². The van der Waals surface area contributed by atoms with Crippen molar-refractivity contribution in [2.45, 2.75) is 17.0 Å². The maximum absolute atomic E-state index is 5.93. The van der Waals surface area contributed by atoms with E-state index in [9.17, 15) is 0 Å². The number of benzene rings is 1. The summed E-state index contributed by atoms with van der Waals surface area (Å²) in [5, 5.41) is 2.06. The number of thioether (sulfide) groups is 1. The van der Waals surface area contributed by atoms with Crippen LogP contribution in [0.15, 0.2) is 32.4 Å². The normalized spacial score (nSPS) is 10.6. The van der Waals surface area contributed by atoms with Crippen LogP contribution in [0.1, 0.15) is 11.3 Å². The van der Waals surface area contributed by atoms with Gasteiger partial charge in [-0.2, -0.15) is 0 Å². The van der Waals surface area contributed by atoms with Gasteiger partial charge in [-0.05, 0) is 24.6 Å². The molecule has 0 aliphatic heterocycles. The lowest BCUT2D eigenvalue weighted by atomic mass is 10.2. The standard InChI is InChI=1S/C11H11BrN2S2/c1-7-5-15-11(14-7)16-6-8-9(12)3-2-4-10(8)13/h2-5H,6,13H2,1H3. The largest absolute Gasteiger partial charge is 0.398 e. The van der Waals surface area contributed by atoms with Crippen LogP contribution < -0.4 is 5.73 Å². The van der Waals surface area contributed by atoms with Gasteiger partial charge in [0.05, 0.1) is 0 Å². The van der Waals surface area contributed by atoms with Gasteiger partial charge in [-0.3, -0.25) is 0 Å². The van der Waals surface area contributed by atoms with Crippen LogP contribution in [0.4, 0.5) is 5.69 Å². The number of nitrogens with zero attached hydrogens (tertiary/aromatic N) is 1. The molecule has 2 N–H and O–H groups in total. The highest BCUT2D eigenvalue weighted by atomic mass is 79.9. The molecule has 0 spiro atoms. The van der Waals surface area contributed by atoms with Crippen molar-refractivity contribution in [3.8, 4) is 0 Å². The highest BCUT2D eigenvalue weighted by molar-refractivity contribution is 9.10. The van der Waals surface area contributed by atoms with E-state index < -0.39 is 0 Å². The molecule has 1 aromatic carbocycles. The van der Waals surface area contributed by atoms with Crippen LogP contribution >= 0.6 is 39.0 Å². The van der Waals surface area contributed by atoms with Crippen LogP contribution in [0.25, 0.3) is 0 Å². The average molecular weight is 315 g/mol. The third-order valence-electron chi connectivity index (χ3n) is 2.09. The summed E-state index contributed by atoms with van der Waals surface area (Å²) in [5.41, 5.74) is 8.97. The summed E-state index contributed by atoms with van der Waals surface area (Å²) in [6.07, 6.45) is 0. The van der Waals surface area contributed by atoms with Crippen molar-refractivity contribution in [2.75, 3.05) is 5.73 Å². The van der Waals surface area contributed by atoms with Gasteiger partial charge in [0.1, 0.15) is 4.34 Å². The van der Waals surface area contributed by atoms with Crippen molar-refractivity contribution in [1.29, 1.82) is 0 Å². The highest BCUT2D eigenvalue weighted by Gasteiger charge is 2.06. The number of hydrogen-bond acceptors (Lipinski definition) is 4. The Labute approximate surface area is 111 Å². The molecule has 0 radical (unpaired) electrons. The summed E-state index contributed by atoms with van der Waals surface area (Å²) >= 11 is 6.91. The molecule has 2 rings (SSSR count). The summed E-state index contributed by atoms with van der Waals surface area (Å²) in [4.78, 5) is 4.41. The number of nitrogens with two attached hydrogens (primary N) is 1. The van der Waals surface area contributed by atoms with Gasteiger partial charge in [0.25, 0.3) is 0 Å². The van der Waals surface area contributed by atoms with E-state index in [4.69, 9.17) is 5.73 Å². The Morgan fingerprint density at radius 1 is 1.50 bits per heavy atom. The Hall–Kier alpha value is -0.520. The van der Waals surface area contributed by atoms with Crippen molar-refractivity contribution in [3.63, 3.8) is 0 Å². The van der Waals surface area contributed by atoms with Gasteiger partial charge in [-0.1, -0.05) is 33.8 Å². The molecule has 16 heavy (non-hydrogen) atoms. The number of nitrogen functional groups attached to an aromatic ring is 1. The highest BCUT2D eigenvalue weighted by Crippen LogP contribution is 2.31. The number of aryl methyl sites for hydroxylation is 1. The van der Waals surface area contributed by atoms with Crippen LogP contribution in [-0.4, -0.2) is 4.98 Å². The van der Waals surface area contributed by atoms with E-state index in [0.29, 0.717) is 0 Å². The molecule has 0 saturated carbocycles. The quantitative estimate of drug-likeness (QED) is 0.685. The molecule has 0 saturated heterocycles. The van der Waals surface area contributed by atoms with Gasteiger partial charge in [0.15, 0.2) is 0 Å². The fourth-order valence-electron chi connectivity index (χ4n) is 1.26. The van der Waals surface area contributed by atoms with E-state index in [0.717, 1.165) is 31.5 Å². The summed E-state index contributed by atoms with van der Waals surface area (Å²) < 4.78 is 2.15. The molecule has 84 valence electrons. The second-order valence-corrected chi connectivity index (χ2v) is 6.29. The van der Waals surface area contributed by atoms with Crippen LogP contribution in [0.2, 0.25) is 0 Å². The molecule has 5 heteroatoms. The van der Waals surface area contributed by atoms with Gasteiger partial charge in [0.2, 0.25) is 0 Å². The Balaban J connectivity index is 2.10. The van der Waals surface area contributed by atoms with E-state index >= 15 is 0 Å². The molecule has 0 aliphatic carbocycles. The Morgan fingerprint density at radius 2 is 2.31 bits per heavy atom. The number of hydrogen-bond donors (Lipinski definition) is 1. The summed E-state index contributed by atoms with van der Waals surface area (Å²) in [5.74, 6) is 0.847. The zero-order valence-electron chi connectivity index (χ0n) is 8.74. The monoisotopic (exact) mass is 314 g/mol. The summed E-state index contributed by atoms with van der Waals surface area (Å²) in [6.45, 7) is 2.01. The maximum atomic E-state index is 5.93. The lowest BCUT2D eigenvalue weighted by Gasteiger charge is -2.06. The molecule has 2 aromatic rings. The number of halogens is 1. The molecular formula is C11H11BrN2S2. The molecular weight excluding hydrogens is 304 g/mol. The van der Waals surface area contributed by atoms with E-state index in [-0.39, 0.29) is 0 Å². The molecule has 0 fully saturated rings. The first kappa shape index (κ1) is 12.0. The van der Waals surface area contributed by atoms with E-state index in [1.54, 1.807) is 23.1 Å². The molecule has 0 aliphatic rings. The Morgan fingerprint density at radius 3 is 2.94 bits per heavy atom. The maximum Gasteiger partial charge on any atom is 0.150 e.